The van der Waals surface area contributed by atoms with Crippen LogP contribution in [-0.2, 0) is 29.2 Å². The molecule has 2 amide bonds. The van der Waals surface area contributed by atoms with Gasteiger partial charge < -0.3 is 20.7 Å². The van der Waals surface area contributed by atoms with Crippen molar-refractivity contribution >= 4 is 11.8 Å². The molecule has 0 aliphatic rings. The molecule has 3 aromatic carbocycles. The lowest BCUT2D eigenvalue weighted by atomic mass is 9.99. The molecular weight excluding hydrogens is 548 g/mol. The van der Waals surface area contributed by atoms with Crippen LogP contribution in [0.15, 0.2) is 84.9 Å². The molecule has 0 unspecified atom stereocenters. The van der Waals surface area contributed by atoms with E-state index in [2.05, 4.69) is 60.7 Å². The molecule has 2 atom stereocenters. The predicted molar refractivity (Wildman–Crippen MR) is 179 cm³/mol. The van der Waals surface area contributed by atoms with Crippen LogP contribution in [0.3, 0.4) is 0 Å². The Morgan fingerprint density at radius 3 is 2.00 bits per heavy atom. The van der Waals surface area contributed by atoms with Gasteiger partial charge in [-0.05, 0) is 67.1 Å². The fraction of sp³-hybridized carbons (Fsp3) is 0.459. The van der Waals surface area contributed by atoms with Crippen LogP contribution in [0.4, 0.5) is 0 Å². The van der Waals surface area contributed by atoms with Gasteiger partial charge in [-0.1, -0.05) is 100 Å². The van der Waals surface area contributed by atoms with Gasteiger partial charge in [0.1, 0.15) is 18.4 Å². The molecule has 0 aliphatic heterocycles. The van der Waals surface area contributed by atoms with Gasteiger partial charge in [0, 0.05) is 26.1 Å². The fourth-order valence-corrected chi connectivity index (χ4v) is 4.95. The van der Waals surface area contributed by atoms with Crippen molar-refractivity contribution in [2.75, 3.05) is 26.7 Å². The van der Waals surface area contributed by atoms with Crippen LogP contribution >= 0.6 is 0 Å². The molecule has 0 heterocycles. The van der Waals surface area contributed by atoms with Crippen LogP contribution in [0, 0.1) is 11.8 Å². The Kier molecular flexibility index (Phi) is 14.9. The standard InChI is InChI=1S/C37H52N4O3/c1-28(2)20-23-41(5)35(24-29(3)4)37(43)40-34(36(42)39-22-21-38-26-31-12-8-6-9-13-31)25-30-16-18-33(19-17-30)44-27-32-14-10-7-11-15-32/h6-19,28-29,34-35,38H,20-27H2,1-5H3,(H,39,42)(H,40,43)/t34-,35-/m0/s1. The first-order chi connectivity index (χ1) is 21.2. The number of rotatable bonds is 19. The highest BCUT2D eigenvalue weighted by Gasteiger charge is 2.29. The lowest BCUT2D eigenvalue weighted by molar-refractivity contribution is -0.132. The minimum absolute atomic E-state index is 0.102. The fourth-order valence-electron chi connectivity index (χ4n) is 4.95. The predicted octanol–water partition coefficient (Wildman–Crippen LogP) is 5.59. The van der Waals surface area contributed by atoms with Gasteiger partial charge in [-0.15, -0.1) is 0 Å². The average Bonchev–Trinajstić information content (AvgIpc) is 3.02. The van der Waals surface area contributed by atoms with E-state index in [-0.39, 0.29) is 17.9 Å². The van der Waals surface area contributed by atoms with Crippen LogP contribution in [0.25, 0.3) is 0 Å². The highest BCUT2D eigenvalue weighted by Crippen LogP contribution is 2.17. The first-order valence-electron chi connectivity index (χ1n) is 16.0. The minimum Gasteiger partial charge on any atom is -0.489 e. The Hall–Kier alpha value is -3.68. The number of nitrogens with zero attached hydrogens (tertiary/aromatic N) is 1. The molecule has 0 aromatic heterocycles. The maximum Gasteiger partial charge on any atom is 0.242 e. The number of ether oxygens (including phenoxy) is 1. The van der Waals surface area contributed by atoms with Gasteiger partial charge in [0.05, 0.1) is 6.04 Å². The summed E-state index contributed by atoms with van der Waals surface area (Å²) in [4.78, 5) is 29.3. The third-order valence-corrected chi connectivity index (χ3v) is 7.61. The average molecular weight is 601 g/mol. The van der Waals surface area contributed by atoms with Gasteiger partial charge in [0.25, 0.3) is 0 Å². The zero-order valence-corrected chi connectivity index (χ0v) is 27.2. The van der Waals surface area contributed by atoms with Crippen molar-refractivity contribution < 1.29 is 14.3 Å². The molecule has 3 rings (SSSR count). The lowest BCUT2D eigenvalue weighted by Gasteiger charge is -2.30. The molecule has 0 fully saturated rings. The first-order valence-corrected chi connectivity index (χ1v) is 16.0. The smallest absolute Gasteiger partial charge is 0.242 e. The molecule has 0 saturated heterocycles. The zero-order valence-electron chi connectivity index (χ0n) is 27.2. The van der Waals surface area contributed by atoms with E-state index in [4.69, 9.17) is 4.74 Å². The van der Waals surface area contributed by atoms with Gasteiger partial charge in [-0.25, -0.2) is 0 Å². The van der Waals surface area contributed by atoms with E-state index in [1.165, 1.54) is 5.56 Å². The van der Waals surface area contributed by atoms with E-state index >= 15 is 0 Å². The topological polar surface area (TPSA) is 82.7 Å². The van der Waals surface area contributed by atoms with E-state index in [1.807, 2.05) is 79.8 Å². The Morgan fingerprint density at radius 2 is 1.39 bits per heavy atom. The Morgan fingerprint density at radius 1 is 0.750 bits per heavy atom. The molecule has 0 spiro atoms. The number of likely N-dealkylation sites (N-methyl/N-ethyl adjacent to an activating group) is 1. The molecular formula is C37H52N4O3. The van der Waals surface area contributed by atoms with Gasteiger partial charge in [0.2, 0.25) is 11.8 Å². The van der Waals surface area contributed by atoms with Crippen molar-refractivity contribution in [1.29, 1.82) is 0 Å². The molecule has 0 aliphatic carbocycles. The number of carbonyl (C=O) groups is 2. The summed E-state index contributed by atoms with van der Waals surface area (Å²) in [6, 6.07) is 27.0. The van der Waals surface area contributed by atoms with Crippen LogP contribution in [0.5, 0.6) is 5.75 Å². The van der Waals surface area contributed by atoms with Gasteiger partial charge in [-0.2, -0.15) is 0 Å². The summed E-state index contributed by atoms with van der Waals surface area (Å²) in [5.74, 6) is 1.37. The first kappa shape index (κ1) is 34.8. The summed E-state index contributed by atoms with van der Waals surface area (Å²) < 4.78 is 5.95. The summed E-state index contributed by atoms with van der Waals surface area (Å²) in [7, 11) is 2.01. The molecule has 3 aromatic rings. The number of hydrogen-bond acceptors (Lipinski definition) is 5. The summed E-state index contributed by atoms with van der Waals surface area (Å²) in [5, 5.41) is 9.53. The maximum absolute atomic E-state index is 13.7. The van der Waals surface area contributed by atoms with Crippen molar-refractivity contribution in [1.82, 2.24) is 20.9 Å². The van der Waals surface area contributed by atoms with Gasteiger partial charge in [0.15, 0.2) is 0 Å². The molecule has 7 heteroatoms. The molecule has 0 saturated carbocycles. The zero-order chi connectivity index (χ0) is 31.7. The van der Waals surface area contributed by atoms with E-state index < -0.39 is 6.04 Å². The number of carbonyl (C=O) groups excluding carboxylic acids is 2. The monoisotopic (exact) mass is 600 g/mol. The third kappa shape index (κ3) is 12.9. The van der Waals surface area contributed by atoms with E-state index in [9.17, 15) is 9.59 Å². The van der Waals surface area contributed by atoms with E-state index in [0.717, 1.165) is 42.8 Å². The second-order valence-electron chi connectivity index (χ2n) is 12.4. The summed E-state index contributed by atoms with van der Waals surface area (Å²) in [5.41, 5.74) is 3.25. The number of nitrogens with one attached hydrogen (secondary N) is 3. The van der Waals surface area contributed by atoms with E-state index in [0.29, 0.717) is 38.0 Å². The van der Waals surface area contributed by atoms with Gasteiger partial charge in [-0.3, -0.25) is 14.5 Å². The summed E-state index contributed by atoms with van der Waals surface area (Å²) in [6.45, 7) is 11.8. The van der Waals surface area contributed by atoms with Crippen LogP contribution in [0.1, 0.15) is 57.2 Å². The number of amides is 2. The molecule has 3 N–H and O–H groups in total. The molecule has 0 bridgehead atoms. The second-order valence-corrected chi connectivity index (χ2v) is 12.4. The third-order valence-electron chi connectivity index (χ3n) is 7.61. The maximum atomic E-state index is 13.7. The quantitative estimate of drug-likeness (QED) is 0.156. The normalized spacial score (nSPS) is 12.7. The highest BCUT2D eigenvalue weighted by atomic mass is 16.5. The van der Waals surface area contributed by atoms with Crippen LogP contribution < -0.4 is 20.7 Å². The molecule has 7 nitrogen and oxygen atoms in total. The van der Waals surface area contributed by atoms with Gasteiger partial charge >= 0.3 is 0 Å². The lowest BCUT2D eigenvalue weighted by Crippen LogP contribution is -2.54. The SMILES string of the molecule is CC(C)CCN(C)[C@@H](CC(C)C)C(=O)N[C@@H](Cc1ccc(OCc2ccccc2)cc1)C(=O)NCCNCc1ccccc1. The second kappa shape index (κ2) is 18.9. The van der Waals surface area contributed by atoms with Crippen LogP contribution in [0.2, 0.25) is 0 Å². The summed E-state index contributed by atoms with van der Waals surface area (Å²) >= 11 is 0. The molecule has 238 valence electrons. The molecule has 44 heavy (non-hydrogen) atoms. The Labute approximate surface area is 264 Å². The Balaban J connectivity index is 1.65. The number of benzene rings is 3. The van der Waals surface area contributed by atoms with Crippen molar-refractivity contribution in [3.05, 3.63) is 102 Å². The summed E-state index contributed by atoms with van der Waals surface area (Å²) in [6.07, 6.45) is 2.13. The van der Waals surface area contributed by atoms with Crippen molar-refractivity contribution in [3.8, 4) is 5.75 Å². The number of hydrogen-bond donors (Lipinski definition) is 3. The van der Waals surface area contributed by atoms with Crippen molar-refractivity contribution in [2.24, 2.45) is 11.8 Å². The largest absolute Gasteiger partial charge is 0.489 e. The van der Waals surface area contributed by atoms with Crippen LogP contribution in [-0.4, -0.2) is 55.5 Å². The minimum atomic E-state index is -0.694. The van der Waals surface area contributed by atoms with Crippen molar-refractivity contribution in [3.63, 3.8) is 0 Å². The van der Waals surface area contributed by atoms with E-state index in [1.54, 1.807) is 0 Å². The molecule has 0 radical (unpaired) electrons. The van der Waals surface area contributed by atoms with Crippen molar-refractivity contribution in [2.45, 2.75) is 72.2 Å². The highest BCUT2D eigenvalue weighted by molar-refractivity contribution is 5.90. The Bertz CT molecular complexity index is 1230.